The monoisotopic (exact) mass is 318 g/mol. The normalized spacial score (nSPS) is 19.9. The highest BCUT2D eigenvalue weighted by Crippen LogP contribution is 2.20. The number of carbonyl (C=O) groups is 1. The van der Waals surface area contributed by atoms with E-state index in [1.54, 1.807) is 6.07 Å². The Kier molecular flexibility index (Phi) is 5.60. The number of esters is 1. The number of aromatic nitrogens is 1. The first-order valence-corrected chi connectivity index (χ1v) is 7.05. The van der Waals surface area contributed by atoms with Crippen LogP contribution in [0.3, 0.4) is 0 Å². The number of hydrogen-bond acceptors (Lipinski definition) is 5. The largest absolute Gasteiger partial charge is 0.469 e. The third kappa shape index (κ3) is 4.31. The average molecular weight is 319 g/mol. The summed E-state index contributed by atoms with van der Waals surface area (Å²) in [7, 11) is 1.38. The molecule has 1 atom stereocenters. The predicted molar refractivity (Wildman–Crippen MR) is 75.9 cm³/mol. The van der Waals surface area contributed by atoms with Crippen LogP contribution in [0.1, 0.15) is 12.0 Å². The molecule has 1 fully saturated rings. The molecule has 1 aliphatic rings. The van der Waals surface area contributed by atoms with Crippen molar-refractivity contribution in [2.45, 2.75) is 19.1 Å². The minimum atomic E-state index is -0.261. The first-order chi connectivity index (χ1) is 9.58. The fourth-order valence-electron chi connectivity index (χ4n) is 2.12. The quantitative estimate of drug-likeness (QED) is 0.629. The van der Waals surface area contributed by atoms with Crippen molar-refractivity contribution >= 4 is 29.2 Å². The van der Waals surface area contributed by atoms with Crippen molar-refractivity contribution in [3.8, 4) is 0 Å². The average Bonchev–Trinajstić information content (AvgIpc) is 2.42. The molecule has 7 heteroatoms. The van der Waals surface area contributed by atoms with Crippen LogP contribution in [0.5, 0.6) is 0 Å². The highest BCUT2D eigenvalue weighted by atomic mass is 35.5. The van der Waals surface area contributed by atoms with Gasteiger partial charge in [0, 0.05) is 25.2 Å². The van der Waals surface area contributed by atoms with Crippen LogP contribution in [-0.4, -0.2) is 48.8 Å². The standard InChI is InChI=1S/C13H16Cl2N2O3/c1-19-12(18)6-10-8-17(4-5-20-10)7-9-2-3-11(14)16-13(9)15/h2-3,10H,4-8H2,1H3. The molecule has 20 heavy (non-hydrogen) atoms. The van der Waals surface area contributed by atoms with E-state index in [4.69, 9.17) is 27.9 Å². The van der Waals surface area contributed by atoms with Crippen LogP contribution >= 0.6 is 23.2 Å². The first-order valence-electron chi connectivity index (χ1n) is 6.30. The Balaban J connectivity index is 1.94. The van der Waals surface area contributed by atoms with E-state index in [1.807, 2.05) is 6.07 Å². The summed E-state index contributed by atoms with van der Waals surface area (Å²) in [6, 6.07) is 3.58. The molecule has 0 radical (unpaired) electrons. The minimum Gasteiger partial charge on any atom is -0.469 e. The predicted octanol–water partition coefficient (Wildman–Crippen LogP) is 2.15. The topological polar surface area (TPSA) is 51.7 Å². The van der Waals surface area contributed by atoms with Crippen molar-refractivity contribution < 1.29 is 14.3 Å². The molecular weight excluding hydrogens is 303 g/mol. The van der Waals surface area contributed by atoms with Gasteiger partial charge in [0.25, 0.3) is 0 Å². The number of morpholine rings is 1. The van der Waals surface area contributed by atoms with Gasteiger partial charge in [0.05, 0.1) is 26.2 Å². The second kappa shape index (κ2) is 7.22. The fourth-order valence-corrected chi connectivity index (χ4v) is 2.52. The van der Waals surface area contributed by atoms with Gasteiger partial charge in [0.15, 0.2) is 0 Å². The Labute approximate surface area is 127 Å². The number of carbonyl (C=O) groups excluding carboxylic acids is 1. The third-order valence-corrected chi connectivity index (χ3v) is 3.67. The van der Waals surface area contributed by atoms with Gasteiger partial charge in [-0.1, -0.05) is 29.3 Å². The van der Waals surface area contributed by atoms with Gasteiger partial charge in [-0.05, 0) is 6.07 Å². The summed E-state index contributed by atoms with van der Waals surface area (Å²) in [6.45, 7) is 2.69. The van der Waals surface area contributed by atoms with Gasteiger partial charge in [-0.2, -0.15) is 0 Å². The van der Waals surface area contributed by atoms with Gasteiger partial charge >= 0.3 is 5.97 Å². The Morgan fingerprint density at radius 1 is 1.55 bits per heavy atom. The van der Waals surface area contributed by atoms with E-state index in [0.29, 0.717) is 30.0 Å². The maximum absolute atomic E-state index is 11.3. The lowest BCUT2D eigenvalue weighted by Gasteiger charge is -2.32. The van der Waals surface area contributed by atoms with Crippen LogP contribution < -0.4 is 0 Å². The molecule has 0 aliphatic carbocycles. The summed E-state index contributed by atoms with van der Waals surface area (Å²) < 4.78 is 10.2. The fraction of sp³-hybridized carbons (Fsp3) is 0.538. The van der Waals surface area contributed by atoms with Crippen molar-refractivity contribution in [2.24, 2.45) is 0 Å². The maximum atomic E-state index is 11.3. The van der Waals surface area contributed by atoms with E-state index in [1.165, 1.54) is 7.11 Å². The van der Waals surface area contributed by atoms with Crippen LogP contribution in [-0.2, 0) is 20.8 Å². The lowest BCUT2D eigenvalue weighted by Crippen LogP contribution is -2.42. The summed E-state index contributed by atoms with van der Waals surface area (Å²) in [5, 5.41) is 0.790. The van der Waals surface area contributed by atoms with Gasteiger partial charge in [-0.25, -0.2) is 4.98 Å². The van der Waals surface area contributed by atoms with Gasteiger partial charge in [0.1, 0.15) is 10.3 Å². The number of rotatable bonds is 4. The molecule has 1 aliphatic heterocycles. The number of ether oxygens (including phenoxy) is 2. The van der Waals surface area contributed by atoms with Gasteiger partial charge in [-0.3, -0.25) is 9.69 Å². The van der Waals surface area contributed by atoms with Crippen molar-refractivity contribution in [3.63, 3.8) is 0 Å². The smallest absolute Gasteiger partial charge is 0.308 e. The lowest BCUT2D eigenvalue weighted by atomic mass is 10.2. The Morgan fingerprint density at radius 3 is 3.05 bits per heavy atom. The zero-order valence-corrected chi connectivity index (χ0v) is 12.7. The van der Waals surface area contributed by atoms with Crippen molar-refractivity contribution in [1.29, 1.82) is 0 Å². The molecule has 0 spiro atoms. The number of pyridine rings is 1. The molecule has 0 N–H and O–H groups in total. The van der Waals surface area contributed by atoms with Crippen LogP contribution in [0, 0.1) is 0 Å². The van der Waals surface area contributed by atoms with Crippen LogP contribution in [0.15, 0.2) is 12.1 Å². The third-order valence-electron chi connectivity index (χ3n) is 3.13. The SMILES string of the molecule is COC(=O)CC1CN(Cc2ccc(Cl)nc2Cl)CCO1. The van der Waals surface area contributed by atoms with E-state index >= 15 is 0 Å². The Bertz CT molecular complexity index is 485. The van der Waals surface area contributed by atoms with Crippen LogP contribution in [0.25, 0.3) is 0 Å². The van der Waals surface area contributed by atoms with E-state index < -0.39 is 0 Å². The van der Waals surface area contributed by atoms with Gasteiger partial charge in [0.2, 0.25) is 0 Å². The zero-order valence-electron chi connectivity index (χ0n) is 11.1. The molecule has 1 aromatic heterocycles. The lowest BCUT2D eigenvalue weighted by molar-refractivity contribution is -0.145. The summed E-state index contributed by atoms with van der Waals surface area (Å²) in [5.41, 5.74) is 0.912. The molecule has 2 rings (SSSR count). The molecular formula is C13H16Cl2N2O3. The Hall–Kier alpha value is -0.880. The molecule has 1 aromatic rings. The van der Waals surface area contributed by atoms with Gasteiger partial charge < -0.3 is 9.47 Å². The molecule has 1 unspecified atom stereocenters. The number of methoxy groups -OCH3 is 1. The molecule has 1 saturated heterocycles. The second-order valence-corrected chi connectivity index (χ2v) is 5.34. The van der Waals surface area contributed by atoms with E-state index in [9.17, 15) is 4.79 Å². The number of nitrogens with zero attached hydrogens (tertiary/aromatic N) is 2. The highest BCUT2D eigenvalue weighted by Gasteiger charge is 2.23. The maximum Gasteiger partial charge on any atom is 0.308 e. The van der Waals surface area contributed by atoms with Crippen LogP contribution in [0.4, 0.5) is 0 Å². The molecule has 0 bridgehead atoms. The van der Waals surface area contributed by atoms with Crippen molar-refractivity contribution in [3.05, 3.63) is 28.0 Å². The minimum absolute atomic E-state index is 0.143. The van der Waals surface area contributed by atoms with Crippen LogP contribution in [0.2, 0.25) is 10.3 Å². The number of hydrogen-bond donors (Lipinski definition) is 0. The summed E-state index contributed by atoms with van der Waals surface area (Å²) in [4.78, 5) is 17.5. The van der Waals surface area contributed by atoms with E-state index in [0.717, 1.165) is 12.1 Å². The summed E-state index contributed by atoms with van der Waals surface area (Å²) >= 11 is 11.8. The first kappa shape index (κ1) is 15.5. The molecule has 5 nitrogen and oxygen atoms in total. The van der Waals surface area contributed by atoms with Crippen molar-refractivity contribution in [2.75, 3.05) is 26.8 Å². The molecule has 0 saturated carbocycles. The van der Waals surface area contributed by atoms with E-state index in [2.05, 4.69) is 14.6 Å². The summed E-state index contributed by atoms with van der Waals surface area (Å²) in [5.74, 6) is -0.261. The Morgan fingerprint density at radius 2 is 2.35 bits per heavy atom. The second-order valence-electron chi connectivity index (χ2n) is 4.59. The van der Waals surface area contributed by atoms with Gasteiger partial charge in [-0.15, -0.1) is 0 Å². The molecule has 0 amide bonds. The molecule has 0 aromatic carbocycles. The molecule has 110 valence electrons. The highest BCUT2D eigenvalue weighted by molar-refractivity contribution is 6.32. The molecule has 2 heterocycles. The zero-order chi connectivity index (χ0) is 14.5. The summed E-state index contributed by atoms with van der Waals surface area (Å²) in [6.07, 6.45) is 0.120. The van der Waals surface area contributed by atoms with E-state index in [-0.39, 0.29) is 18.5 Å². The number of halogens is 2. The van der Waals surface area contributed by atoms with Crippen molar-refractivity contribution in [1.82, 2.24) is 9.88 Å².